The zero-order chi connectivity index (χ0) is 15.5. The van der Waals surface area contributed by atoms with Gasteiger partial charge in [-0.1, -0.05) is 6.07 Å². The van der Waals surface area contributed by atoms with Crippen LogP contribution in [-0.4, -0.2) is 21.1 Å². The van der Waals surface area contributed by atoms with Gasteiger partial charge >= 0.3 is 0 Å². The predicted molar refractivity (Wildman–Crippen MR) is 83.9 cm³/mol. The number of benzene rings is 1. The third kappa shape index (κ3) is 3.20. The summed E-state index contributed by atoms with van der Waals surface area (Å²) < 4.78 is 13.5. The second kappa shape index (κ2) is 6.07. The Bertz CT molecular complexity index is 816. The van der Waals surface area contributed by atoms with Gasteiger partial charge in [-0.25, -0.2) is 9.37 Å². The standard InChI is InChI=1S/C15H10BrFN4O/c16-13-3-1-2-11(18-13)15(22)19-14-8-12(20-21-14)9-4-6-10(17)7-5-9/h1-8H,(H2,19,20,21,22). The molecule has 0 aliphatic carbocycles. The lowest BCUT2D eigenvalue weighted by molar-refractivity contribution is 0.102. The maximum Gasteiger partial charge on any atom is 0.275 e. The van der Waals surface area contributed by atoms with E-state index in [1.54, 1.807) is 36.4 Å². The minimum Gasteiger partial charge on any atom is -0.304 e. The van der Waals surface area contributed by atoms with E-state index in [2.05, 4.69) is 36.4 Å². The monoisotopic (exact) mass is 360 g/mol. The number of anilines is 1. The highest BCUT2D eigenvalue weighted by Crippen LogP contribution is 2.20. The number of carbonyl (C=O) groups is 1. The van der Waals surface area contributed by atoms with E-state index in [1.165, 1.54) is 12.1 Å². The van der Waals surface area contributed by atoms with Crippen molar-refractivity contribution in [3.8, 4) is 11.3 Å². The van der Waals surface area contributed by atoms with Crippen LogP contribution in [0.4, 0.5) is 10.2 Å². The molecule has 110 valence electrons. The van der Waals surface area contributed by atoms with E-state index in [4.69, 9.17) is 0 Å². The molecule has 0 bridgehead atoms. The van der Waals surface area contributed by atoms with E-state index >= 15 is 0 Å². The number of hydrogen-bond acceptors (Lipinski definition) is 3. The molecule has 0 aliphatic rings. The minimum atomic E-state index is -0.363. The fourth-order valence-corrected chi connectivity index (χ4v) is 2.22. The number of carbonyl (C=O) groups excluding carboxylic acids is 1. The summed E-state index contributed by atoms with van der Waals surface area (Å²) in [4.78, 5) is 16.1. The van der Waals surface area contributed by atoms with Gasteiger partial charge in [-0.2, -0.15) is 5.10 Å². The molecule has 0 unspecified atom stereocenters. The summed E-state index contributed by atoms with van der Waals surface area (Å²) >= 11 is 3.21. The zero-order valence-electron chi connectivity index (χ0n) is 11.2. The van der Waals surface area contributed by atoms with Crippen LogP contribution in [0.1, 0.15) is 10.5 Å². The molecule has 0 radical (unpaired) electrons. The summed E-state index contributed by atoms with van der Waals surface area (Å²) in [5.74, 6) is -0.304. The summed E-state index contributed by atoms with van der Waals surface area (Å²) in [5, 5.41) is 9.45. The molecule has 0 saturated carbocycles. The lowest BCUT2D eigenvalue weighted by atomic mass is 10.1. The number of halogens is 2. The van der Waals surface area contributed by atoms with Crippen molar-refractivity contribution in [2.75, 3.05) is 5.32 Å². The molecule has 0 saturated heterocycles. The SMILES string of the molecule is O=C(Nc1cc(-c2ccc(F)cc2)[nH]n1)c1cccc(Br)n1. The van der Waals surface area contributed by atoms with Crippen LogP contribution in [0.15, 0.2) is 53.1 Å². The molecular weight excluding hydrogens is 351 g/mol. The summed E-state index contributed by atoms with van der Waals surface area (Å²) in [7, 11) is 0. The van der Waals surface area contributed by atoms with Gasteiger partial charge in [0.2, 0.25) is 0 Å². The van der Waals surface area contributed by atoms with Gasteiger partial charge in [-0.15, -0.1) is 0 Å². The number of rotatable bonds is 3. The van der Waals surface area contributed by atoms with E-state index < -0.39 is 0 Å². The smallest absolute Gasteiger partial charge is 0.275 e. The van der Waals surface area contributed by atoms with Crippen molar-refractivity contribution in [1.82, 2.24) is 15.2 Å². The quantitative estimate of drug-likeness (QED) is 0.700. The number of pyridine rings is 1. The third-order valence-corrected chi connectivity index (χ3v) is 3.36. The van der Waals surface area contributed by atoms with Crippen LogP contribution in [0.3, 0.4) is 0 Å². The second-order valence-electron chi connectivity index (χ2n) is 4.47. The topological polar surface area (TPSA) is 70.7 Å². The first-order chi connectivity index (χ1) is 10.6. The van der Waals surface area contributed by atoms with Crippen molar-refractivity contribution in [2.24, 2.45) is 0 Å². The molecule has 22 heavy (non-hydrogen) atoms. The fourth-order valence-electron chi connectivity index (χ4n) is 1.88. The normalized spacial score (nSPS) is 10.5. The van der Waals surface area contributed by atoms with Gasteiger partial charge < -0.3 is 5.32 Å². The summed E-state index contributed by atoms with van der Waals surface area (Å²) in [5.41, 5.74) is 1.73. The van der Waals surface area contributed by atoms with Crippen molar-refractivity contribution in [3.05, 3.63) is 64.6 Å². The summed E-state index contributed by atoms with van der Waals surface area (Å²) in [6, 6.07) is 12.7. The highest BCUT2D eigenvalue weighted by atomic mass is 79.9. The number of nitrogens with one attached hydrogen (secondary N) is 2. The second-order valence-corrected chi connectivity index (χ2v) is 5.29. The lowest BCUT2D eigenvalue weighted by Crippen LogP contribution is -2.13. The van der Waals surface area contributed by atoms with Crippen molar-refractivity contribution >= 4 is 27.7 Å². The van der Waals surface area contributed by atoms with Gasteiger partial charge in [0.25, 0.3) is 5.91 Å². The van der Waals surface area contributed by atoms with Gasteiger partial charge in [0.05, 0.1) is 5.69 Å². The Hall–Kier alpha value is -2.54. The highest BCUT2D eigenvalue weighted by Gasteiger charge is 2.11. The molecular formula is C15H10BrFN4O. The first kappa shape index (κ1) is 14.4. The van der Waals surface area contributed by atoms with Crippen LogP contribution in [0.2, 0.25) is 0 Å². The maximum absolute atomic E-state index is 12.9. The molecule has 0 aliphatic heterocycles. The van der Waals surface area contributed by atoms with Crippen LogP contribution in [0, 0.1) is 5.82 Å². The van der Waals surface area contributed by atoms with Crippen molar-refractivity contribution < 1.29 is 9.18 Å². The first-order valence-electron chi connectivity index (χ1n) is 6.37. The van der Waals surface area contributed by atoms with Crippen LogP contribution in [0.25, 0.3) is 11.3 Å². The Kier molecular flexibility index (Phi) is 3.97. The highest BCUT2D eigenvalue weighted by molar-refractivity contribution is 9.10. The van der Waals surface area contributed by atoms with Crippen LogP contribution in [0.5, 0.6) is 0 Å². The average Bonchev–Trinajstić information content (AvgIpc) is 2.96. The van der Waals surface area contributed by atoms with Crippen LogP contribution in [-0.2, 0) is 0 Å². The molecule has 5 nitrogen and oxygen atoms in total. The van der Waals surface area contributed by atoms with E-state index in [1.807, 2.05) is 0 Å². The van der Waals surface area contributed by atoms with Crippen molar-refractivity contribution in [2.45, 2.75) is 0 Å². The van der Waals surface area contributed by atoms with E-state index in [0.29, 0.717) is 16.1 Å². The summed E-state index contributed by atoms with van der Waals surface area (Å²) in [6.45, 7) is 0. The number of nitrogens with zero attached hydrogens (tertiary/aromatic N) is 2. The fraction of sp³-hybridized carbons (Fsp3) is 0. The molecule has 0 atom stereocenters. The van der Waals surface area contributed by atoms with E-state index in [0.717, 1.165) is 5.56 Å². The van der Waals surface area contributed by atoms with Gasteiger partial charge in [0, 0.05) is 6.07 Å². The number of hydrogen-bond donors (Lipinski definition) is 2. The molecule has 2 heterocycles. The Morgan fingerprint density at radius 2 is 1.95 bits per heavy atom. The molecule has 3 rings (SSSR count). The zero-order valence-corrected chi connectivity index (χ0v) is 12.8. The first-order valence-corrected chi connectivity index (χ1v) is 7.16. The van der Waals surface area contributed by atoms with Gasteiger partial charge in [-0.3, -0.25) is 9.89 Å². The average molecular weight is 361 g/mol. The Balaban J connectivity index is 1.77. The lowest BCUT2D eigenvalue weighted by Gasteiger charge is -2.01. The Morgan fingerprint density at radius 3 is 2.68 bits per heavy atom. The van der Waals surface area contributed by atoms with Gasteiger partial charge in [0.15, 0.2) is 5.82 Å². The number of amides is 1. The molecule has 2 aromatic heterocycles. The molecule has 2 N–H and O–H groups in total. The molecule has 3 aromatic rings. The summed E-state index contributed by atoms with van der Waals surface area (Å²) in [6.07, 6.45) is 0. The van der Waals surface area contributed by atoms with Crippen LogP contribution < -0.4 is 5.32 Å². The third-order valence-electron chi connectivity index (χ3n) is 2.92. The minimum absolute atomic E-state index is 0.278. The number of aromatic amines is 1. The maximum atomic E-state index is 12.9. The van der Waals surface area contributed by atoms with Crippen molar-refractivity contribution in [1.29, 1.82) is 0 Å². The predicted octanol–water partition coefficient (Wildman–Crippen LogP) is 3.63. The molecule has 0 spiro atoms. The van der Waals surface area contributed by atoms with Crippen LogP contribution >= 0.6 is 15.9 Å². The van der Waals surface area contributed by atoms with Gasteiger partial charge in [0.1, 0.15) is 16.1 Å². The molecule has 7 heteroatoms. The Morgan fingerprint density at radius 1 is 1.18 bits per heavy atom. The van der Waals surface area contributed by atoms with Crippen molar-refractivity contribution in [3.63, 3.8) is 0 Å². The molecule has 1 aromatic carbocycles. The number of H-pyrrole nitrogens is 1. The Labute approximate surface area is 133 Å². The van der Waals surface area contributed by atoms with E-state index in [-0.39, 0.29) is 17.4 Å². The van der Waals surface area contributed by atoms with Gasteiger partial charge in [-0.05, 0) is 57.9 Å². The van der Waals surface area contributed by atoms with E-state index in [9.17, 15) is 9.18 Å². The largest absolute Gasteiger partial charge is 0.304 e. The molecule has 0 fully saturated rings. The molecule has 1 amide bonds. The number of aromatic nitrogens is 3.